The Hall–Kier alpha value is -13.0. The number of aromatic amines is 3. The summed E-state index contributed by atoms with van der Waals surface area (Å²) in [6.45, 7) is 1.18. The van der Waals surface area contributed by atoms with E-state index in [2.05, 4.69) is 110 Å². The number of primary amides is 1. The van der Waals surface area contributed by atoms with E-state index >= 15 is 14.4 Å². The molecule has 2 aliphatic heterocycles. The number of fused-ring (bicyclic) bond motifs is 2. The molecule has 5 aromatic rings. The Labute approximate surface area is 831 Å². The third-order valence-corrected chi connectivity index (χ3v) is 24.1. The first kappa shape index (κ1) is 117. The number of carbonyl (C=O) groups is 16. The number of nitrogens with one attached hydrogen (secondary N) is 18. The number of para-hydroxylation sites is 1. The number of tetrazole rings is 1. The van der Waals surface area contributed by atoms with Gasteiger partial charge in [-0.1, -0.05) is 139 Å². The number of Topliss-reactive ketones (excluding diaryl/α,β-unsaturated/α-hetero) is 1. The average Bonchev–Trinajstić information content (AvgIpc) is 1.68. The number of aliphatic hydroxyl groups excluding tert-OH is 2. The number of unbranched alkanes of at least 4 members (excludes halogenated alkanes) is 13. The first-order chi connectivity index (χ1) is 69.0. The lowest BCUT2D eigenvalue weighted by Crippen LogP contribution is -2.62. The van der Waals surface area contributed by atoms with Crippen LogP contribution in [0.15, 0.2) is 73.3 Å². The zero-order valence-corrected chi connectivity index (χ0v) is 81.9. The number of carbonyl (C=O) groups excluding carboxylic acids is 16. The Morgan fingerprint density at radius 1 is 0.580 bits per heavy atom. The van der Waals surface area contributed by atoms with Gasteiger partial charge in [0.15, 0.2) is 11.7 Å². The number of hydrogen-bond donors (Lipinski definition) is 23. The standard InChI is InChI=1S/C95H148N26O22/c1-3-4-29-69(85(130)112-72-36-38-82(127)101-39-24-23-30-67(61(2)123)108-89(134)74(50-63-54-105-68-31-22-21-28-66(63)68)113-86(131)70(32-25-40-104-95(98)99)109-88(133)73(49-62-26-17-16-18-27-62)115-93(138)78-52-65(124)56-121(78)94(72)139)110-91(136)76(53-96)116-90(135)75(51-64-55-100-60-106-64)114-87(132)71(35-37-79(97)125)111-92(137)77(57-122)107-84(129)59-143-48-46-141-44-42-103-83(128)58-142-47-45-140-43-41-102-81(126)34-20-15-13-11-9-7-5-6-8-10-12-14-19-33-80-117-119-120-118-80/h16-18,21-22,26-28,31,54-55,60,65,67,69-78,105,122,124H,3-15,19-20,23-25,29-30,32-53,56-59,96H2,1-2H3,(H2,97,125)(H,100,106)(H,101,127)(H,102,126)(H,103,128)(H,107,129)(H,108,134)(H,109,133)(H,110,136)(H,111,137)(H,112,130)(H,113,131)(H,114,132)(H,115,138)(H,116,135)(H4,98,99,104)(H,117,118,119,120)/t65-,67+,69+,70+,71+,72+,73-,74+,75+,76+,77+,78+/m1/s1. The van der Waals surface area contributed by atoms with E-state index in [1.165, 1.54) is 77.2 Å². The van der Waals surface area contributed by atoms with Crippen LogP contribution in [0.1, 0.15) is 210 Å². The van der Waals surface area contributed by atoms with E-state index in [9.17, 15) is 72.5 Å². The van der Waals surface area contributed by atoms with Gasteiger partial charge in [-0.2, -0.15) is 0 Å². The molecule has 12 atom stereocenters. The molecule has 2 aromatic carbocycles. The summed E-state index contributed by atoms with van der Waals surface area (Å²) in [5.41, 5.74) is 19.4. The summed E-state index contributed by atoms with van der Waals surface area (Å²) in [5, 5.41) is 81.1. The van der Waals surface area contributed by atoms with Crippen molar-refractivity contribution < 1.29 is 106 Å². The molecule has 0 unspecified atom stereocenters. The summed E-state index contributed by atoms with van der Waals surface area (Å²) in [7, 11) is 0. The number of nitrogens with two attached hydrogens (primary N) is 3. The fraction of sp³-hybridized carbons (Fsp3) is 0.632. The van der Waals surface area contributed by atoms with E-state index in [0.717, 1.165) is 53.7 Å². The van der Waals surface area contributed by atoms with Gasteiger partial charge in [0.2, 0.25) is 88.6 Å². The van der Waals surface area contributed by atoms with Gasteiger partial charge < -0.3 is 136 Å². The lowest BCUT2D eigenvalue weighted by molar-refractivity contribution is -0.143. The molecule has 0 spiro atoms. The predicted molar refractivity (Wildman–Crippen MR) is 522 cm³/mol. The second-order valence-electron chi connectivity index (χ2n) is 35.6. The van der Waals surface area contributed by atoms with Crippen LogP contribution in [-0.4, -0.2) is 322 Å². The van der Waals surface area contributed by atoms with Crippen LogP contribution in [0, 0.1) is 5.41 Å². The van der Waals surface area contributed by atoms with Crippen LogP contribution in [0.3, 0.4) is 0 Å². The minimum atomic E-state index is -1.71. The summed E-state index contributed by atoms with van der Waals surface area (Å²) < 4.78 is 21.7. The monoisotopic (exact) mass is 2010 g/mol. The molecule has 0 aliphatic carbocycles. The van der Waals surface area contributed by atoms with Crippen molar-refractivity contribution in [3.05, 3.63) is 96.0 Å². The molecule has 2 fully saturated rings. The van der Waals surface area contributed by atoms with Crippen molar-refractivity contribution in [2.75, 3.05) is 98.7 Å². The Morgan fingerprint density at radius 3 is 1.81 bits per heavy atom. The minimum absolute atomic E-state index is 0.0182. The molecule has 15 amide bonds. The molecule has 48 heteroatoms. The Kier molecular flexibility index (Phi) is 54.5. The van der Waals surface area contributed by atoms with Gasteiger partial charge in [0.1, 0.15) is 79.5 Å². The predicted octanol–water partition coefficient (Wildman–Crippen LogP) is -2.42. The second-order valence-corrected chi connectivity index (χ2v) is 35.6. The van der Waals surface area contributed by atoms with Crippen LogP contribution in [-0.2, 0) is 121 Å². The summed E-state index contributed by atoms with van der Waals surface area (Å²) in [4.78, 5) is 235. The Balaban J connectivity index is 0.901. The van der Waals surface area contributed by atoms with Crippen LogP contribution >= 0.6 is 0 Å². The molecule has 5 heterocycles. The number of guanidine groups is 1. The van der Waals surface area contributed by atoms with Gasteiger partial charge in [0.25, 0.3) is 0 Å². The third-order valence-electron chi connectivity index (χ3n) is 24.1. The molecule has 26 N–H and O–H groups in total. The molecule has 7 rings (SSSR count). The van der Waals surface area contributed by atoms with Gasteiger partial charge in [0, 0.05) is 114 Å². The zero-order chi connectivity index (χ0) is 103. The van der Waals surface area contributed by atoms with Crippen LogP contribution in [0.2, 0.25) is 0 Å². The summed E-state index contributed by atoms with van der Waals surface area (Å²) in [6, 6.07) is -1.19. The first-order valence-electron chi connectivity index (χ1n) is 49.6. The van der Waals surface area contributed by atoms with Crippen molar-refractivity contribution in [2.24, 2.45) is 17.2 Å². The van der Waals surface area contributed by atoms with E-state index in [1.807, 2.05) is 18.2 Å². The number of nitrogens with zero attached hydrogens (tertiary/aromatic N) is 5. The summed E-state index contributed by atoms with van der Waals surface area (Å²) in [6.07, 6.45) is 17.8. The molecular weight excluding hydrogens is 1860 g/mol. The van der Waals surface area contributed by atoms with E-state index in [1.54, 1.807) is 49.5 Å². The van der Waals surface area contributed by atoms with E-state index < -0.39 is 226 Å². The molecule has 2 saturated heterocycles. The average molecular weight is 2010 g/mol. The molecular formula is C95H148N26O22. The lowest BCUT2D eigenvalue weighted by atomic mass is 10.0. The lowest BCUT2D eigenvalue weighted by Gasteiger charge is -2.31. The number of ether oxygens (including phenoxy) is 4. The highest BCUT2D eigenvalue weighted by Gasteiger charge is 2.44. The highest BCUT2D eigenvalue weighted by Crippen LogP contribution is 2.24. The Bertz CT molecular complexity index is 4780. The van der Waals surface area contributed by atoms with Crippen molar-refractivity contribution in [3.63, 3.8) is 0 Å². The van der Waals surface area contributed by atoms with Crippen molar-refractivity contribution in [1.29, 1.82) is 5.41 Å². The maximum Gasteiger partial charge on any atom is 0.246 e. The molecule has 143 heavy (non-hydrogen) atoms. The van der Waals surface area contributed by atoms with Crippen molar-refractivity contribution in [2.45, 2.75) is 285 Å². The smallest absolute Gasteiger partial charge is 0.246 e. The number of benzene rings is 2. The molecule has 48 nitrogen and oxygen atoms in total. The van der Waals surface area contributed by atoms with Crippen molar-refractivity contribution >= 4 is 111 Å². The number of amides is 15. The van der Waals surface area contributed by atoms with Crippen molar-refractivity contribution in [3.8, 4) is 0 Å². The maximum absolute atomic E-state index is 15.4. The number of aryl methyl sites for hydroxylation is 1. The van der Waals surface area contributed by atoms with Gasteiger partial charge >= 0.3 is 0 Å². The van der Waals surface area contributed by atoms with Gasteiger partial charge in [-0.15, -0.1) is 5.10 Å². The molecule has 3 aromatic heterocycles. The van der Waals surface area contributed by atoms with Crippen LogP contribution in [0.5, 0.6) is 0 Å². The zero-order valence-electron chi connectivity index (χ0n) is 81.9. The number of ketones is 1. The van der Waals surface area contributed by atoms with Gasteiger partial charge in [-0.3, -0.25) is 82.1 Å². The fourth-order valence-electron chi connectivity index (χ4n) is 16.2. The fourth-order valence-corrected chi connectivity index (χ4v) is 16.2. The van der Waals surface area contributed by atoms with E-state index in [0.29, 0.717) is 30.5 Å². The van der Waals surface area contributed by atoms with E-state index in [4.69, 9.17) is 41.6 Å². The number of imidazole rings is 1. The molecule has 2 aliphatic rings. The van der Waals surface area contributed by atoms with Gasteiger partial charge in [0.05, 0.1) is 70.4 Å². The third kappa shape index (κ3) is 45.4. The minimum Gasteiger partial charge on any atom is -0.394 e. The number of hydrogen-bond acceptors (Lipinski definition) is 28. The topological polar surface area (TPSA) is 723 Å². The van der Waals surface area contributed by atoms with E-state index in [-0.39, 0.29) is 141 Å². The van der Waals surface area contributed by atoms with Crippen LogP contribution < -0.4 is 91.6 Å². The number of aliphatic hydroxyl groups is 2. The Morgan fingerprint density at radius 2 is 1.17 bits per heavy atom. The largest absolute Gasteiger partial charge is 0.394 e. The molecule has 0 saturated carbocycles. The summed E-state index contributed by atoms with van der Waals surface area (Å²) >= 11 is 0. The number of rotatable bonds is 62. The second kappa shape index (κ2) is 66.7. The maximum atomic E-state index is 15.4. The number of aromatic nitrogens is 7. The SMILES string of the molecule is CCCC[C@H](NC(=O)[C@H](CN)NC(=O)[C@H](Cc1c[nH]cn1)NC(=O)[C@H](CCC(N)=O)NC(=O)[C@H](CO)NC(=O)COCCOCCNC(=O)COCCOCCNC(=O)CCCCCCCCCCCCCCCc1nnn[nH]1)C(=O)N[C@H]1CCC(=O)NCCCC[C@@H](C(C)=O)NC(=O)[C@H](Cc2c[nH]c3ccccc23)NC(=O)[C@H](CCCNC(=N)N)NC(=O)[C@@H](Cc2ccccc2)NC(=O)[C@@H]2C[C@@H](O)CN2C1=O. The van der Waals surface area contributed by atoms with Gasteiger partial charge in [-0.25, -0.2) is 10.1 Å². The highest BCUT2D eigenvalue weighted by atomic mass is 16.5. The molecule has 0 bridgehead atoms. The first-order valence-corrected chi connectivity index (χ1v) is 49.6. The molecule has 0 radical (unpaired) electrons. The van der Waals surface area contributed by atoms with Gasteiger partial charge in [-0.05, 0) is 98.8 Å². The van der Waals surface area contributed by atoms with Crippen molar-refractivity contribution in [1.82, 2.24) is 115 Å². The van der Waals surface area contributed by atoms with Crippen LogP contribution in [0.4, 0.5) is 0 Å². The highest BCUT2D eigenvalue weighted by molar-refractivity contribution is 6.01. The van der Waals surface area contributed by atoms with Crippen LogP contribution in [0.25, 0.3) is 10.9 Å². The molecule has 790 valence electrons. The quantitative estimate of drug-likeness (QED) is 0.0109. The number of H-pyrrole nitrogens is 3. The normalized spacial score (nSPS) is 18.4. The summed E-state index contributed by atoms with van der Waals surface area (Å²) in [5.74, 6) is -12.5.